The molecule has 4 heterocycles. The van der Waals surface area contributed by atoms with Crippen molar-refractivity contribution in [2.45, 2.75) is 47.2 Å². The summed E-state index contributed by atoms with van der Waals surface area (Å²) >= 11 is 0. The van der Waals surface area contributed by atoms with Crippen LogP contribution in [0.1, 0.15) is 44.5 Å². The zero-order valence-electron chi connectivity index (χ0n) is 35.5. The van der Waals surface area contributed by atoms with E-state index in [1.807, 2.05) is 24.8 Å². The van der Waals surface area contributed by atoms with Crippen LogP contribution in [0.2, 0.25) is 0 Å². The van der Waals surface area contributed by atoms with E-state index >= 15 is 0 Å². The standard InChI is InChI=1S/C55H44N6.Pt/c1-35-25-37(3)53(38(4)26-35)41-13-11-15-43(29-41)58-33-60(51-19-9-7-17-49(51)58)55(47-21-23-56-31-45(47)46-32-57-24-22-48(46)55)61-34-59(50-18-8-10-20-52(50)61)44-16-12-14-42(30-44)54-39(5)27-36(2)28-40(54)6;/h7-14,17-34H,1-6H3;/q-4;+4. The van der Waals surface area contributed by atoms with Crippen molar-refractivity contribution in [2.75, 3.05) is 19.6 Å². The van der Waals surface area contributed by atoms with Gasteiger partial charge in [-0.05, 0) is 111 Å². The Hall–Kier alpha value is -6.49. The Morgan fingerprint density at radius 3 is 1.27 bits per heavy atom. The molecule has 1 aliphatic carbocycles. The van der Waals surface area contributed by atoms with Crippen LogP contribution in [0.25, 0.3) is 33.4 Å². The van der Waals surface area contributed by atoms with E-state index < -0.39 is 5.66 Å². The van der Waals surface area contributed by atoms with E-state index in [1.54, 1.807) is 0 Å². The molecule has 6 aromatic carbocycles. The number of aryl methyl sites for hydroxylation is 6. The molecular weight excluding hydrogens is 940 g/mol. The van der Waals surface area contributed by atoms with Crippen LogP contribution >= 0.6 is 0 Å². The third kappa shape index (κ3) is 5.95. The van der Waals surface area contributed by atoms with Crippen LogP contribution in [-0.4, -0.2) is 9.97 Å². The fraction of sp³-hybridized carbons (Fsp3) is 0.127. The first kappa shape index (κ1) is 39.6. The van der Waals surface area contributed by atoms with Gasteiger partial charge in [0.05, 0.1) is 0 Å². The first-order valence-electron chi connectivity index (χ1n) is 20.9. The number of pyridine rings is 2. The smallest absolute Gasteiger partial charge is 0.494 e. The summed E-state index contributed by atoms with van der Waals surface area (Å²) in [5.74, 6) is 0. The number of benzene rings is 6. The summed E-state index contributed by atoms with van der Waals surface area (Å²) in [5, 5.41) is 0. The molecule has 0 radical (unpaired) electrons. The maximum Gasteiger partial charge on any atom is 4.00 e. The van der Waals surface area contributed by atoms with Gasteiger partial charge in [0.2, 0.25) is 0 Å². The normalized spacial score (nSPS) is 14.4. The minimum absolute atomic E-state index is 0. The molecule has 3 aliphatic rings. The zero-order valence-corrected chi connectivity index (χ0v) is 37.8. The molecule has 0 N–H and O–H groups in total. The molecule has 0 unspecified atom stereocenters. The summed E-state index contributed by atoms with van der Waals surface area (Å²) in [6, 6.07) is 51.1. The minimum Gasteiger partial charge on any atom is -0.494 e. The first-order chi connectivity index (χ1) is 29.7. The molecule has 0 bridgehead atoms. The molecule has 0 atom stereocenters. The van der Waals surface area contributed by atoms with Crippen LogP contribution in [-0.2, 0) is 26.7 Å². The van der Waals surface area contributed by atoms with E-state index in [4.69, 9.17) is 0 Å². The molecule has 2 aliphatic heterocycles. The zero-order chi connectivity index (χ0) is 41.6. The van der Waals surface area contributed by atoms with Gasteiger partial charge < -0.3 is 19.6 Å². The van der Waals surface area contributed by atoms with Gasteiger partial charge >= 0.3 is 21.1 Å². The van der Waals surface area contributed by atoms with E-state index in [0.29, 0.717) is 0 Å². The van der Waals surface area contributed by atoms with Gasteiger partial charge in [-0.1, -0.05) is 59.7 Å². The van der Waals surface area contributed by atoms with Crippen molar-refractivity contribution in [3.63, 3.8) is 0 Å². The topological polar surface area (TPSA) is 38.7 Å². The summed E-state index contributed by atoms with van der Waals surface area (Å²) < 4.78 is 0. The molecule has 2 aromatic heterocycles. The Bertz CT molecular complexity index is 2810. The Morgan fingerprint density at radius 2 is 0.871 bits per heavy atom. The van der Waals surface area contributed by atoms with Crippen LogP contribution in [0.3, 0.4) is 0 Å². The maximum atomic E-state index is 4.69. The molecule has 0 amide bonds. The average molecular weight is 984 g/mol. The van der Waals surface area contributed by atoms with Crippen molar-refractivity contribution in [3.05, 3.63) is 216 Å². The van der Waals surface area contributed by atoms with Crippen LogP contribution in [0, 0.1) is 67.0 Å². The molecule has 0 saturated heterocycles. The van der Waals surface area contributed by atoms with Crippen molar-refractivity contribution in [2.24, 2.45) is 0 Å². The number of fused-ring (bicyclic) bond motifs is 5. The first-order valence-corrected chi connectivity index (χ1v) is 20.9. The van der Waals surface area contributed by atoms with E-state index in [2.05, 4.69) is 218 Å². The van der Waals surface area contributed by atoms with E-state index in [0.717, 1.165) is 56.4 Å². The number of anilines is 6. The van der Waals surface area contributed by atoms with Gasteiger partial charge in [-0.15, -0.1) is 48.0 Å². The molecule has 7 heteroatoms. The number of hydrogen-bond donors (Lipinski definition) is 0. The average Bonchev–Trinajstić information content (AvgIpc) is 3.93. The van der Waals surface area contributed by atoms with Gasteiger partial charge in [-0.25, -0.2) is 0 Å². The van der Waals surface area contributed by atoms with E-state index in [-0.39, 0.29) is 21.1 Å². The third-order valence-corrected chi connectivity index (χ3v) is 12.7. The van der Waals surface area contributed by atoms with E-state index in [9.17, 15) is 0 Å². The quantitative estimate of drug-likeness (QED) is 0.155. The second kappa shape index (κ2) is 15.1. The monoisotopic (exact) mass is 983 g/mol. The third-order valence-electron chi connectivity index (χ3n) is 12.7. The molecule has 11 rings (SSSR count). The number of nitrogens with zero attached hydrogens (tertiary/aromatic N) is 6. The predicted molar refractivity (Wildman–Crippen MR) is 249 cm³/mol. The summed E-state index contributed by atoms with van der Waals surface area (Å²) in [7, 11) is 0. The van der Waals surface area contributed by atoms with Gasteiger partial charge in [0.15, 0.2) is 0 Å². The molecule has 8 aromatic rings. The fourth-order valence-corrected chi connectivity index (χ4v) is 10.5. The summed E-state index contributed by atoms with van der Waals surface area (Å²) in [5.41, 5.74) is 22.1. The second-order valence-corrected chi connectivity index (χ2v) is 16.7. The number of para-hydroxylation sites is 4. The predicted octanol–water partition coefficient (Wildman–Crippen LogP) is 13.0. The van der Waals surface area contributed by atoms with Gasteiger partial charge in [-0.3, -0.25) is 9.97 Å². The van der Waals surface area contributed by atoms with Crippen molar-refractivity contribution in [1.29, 1.82) is 0 Å². The fourth-order valence-electron chi connectivity index (χ4n) is 10.5. The van der Waals surface area contributed by atoms with Crippen LogP contribution < -0.4 is 19.6 Å². The molecule has 0 fully saturated rings. The van der Waals surface area contributed by atoms with Crippen molar-refractivity contribution in [1.82, 2.24) is 9.97 Å². The van der Waals surface area contributed by atoms with E-state index in [1.165, 1.54) is 55.6 Å². The second-order valence-electron chi connectivity index (χ2n) is 16.7. The largest absolute Gasteiger partial charge is 4.00 e. The summed E-state index contributed by atoms with van der Waals surface area (Å²) in [6.45, 7) is 17.7. The Morgan fingerprint density at radius 1 is 0.484 bits per heavy atom. The van der Waals surface area contributed by atoms with Gasteiger partial charge in [-0.2, -0.15) is 36.4 Å². The molecular formula is C55H44N6Pt. The maximum absolute atomic E-state index is 4.69. The Balaban J connectivity index is 0.00000458. The molecule has 62 heavy (non-hydrogen) atoms. The Kier molecular flexibility index (Phi) is 9.68. The SMILES string of the molecule is Cc1cc(C)c(-c2cc[c-]c(N3[CH-]N(C4(N5[CH-]N(c6[c-]ccc(-c7c(C)cc(C)cc7C)c6)c6ccccc65)c5ccncc5-c5cnccc54)c4ccccc43)c2)c(C)c1.[Pt+4]. The van der Waals surface area contributed by atoms with Gasteiger partial charge in [0.25, 0.3) is 0 Å². The van der Waals surface area contributed by atoms with Crippen LogP contribution in [0.5, 0.6) is 0 Å². The van der Waals surface area contributed by atoms with Crippen LogP contribution in [0.4, 0.5) is 34.1 Å². The number of hydrogen-bond acceptors (Lipinski definition) is 6. The number of rotatable bonds is 6. The number of aromatic nitrogens is 2. The Labute approximate surface area is 379 Å². The van der Waals surface area contributed by atoms with Crippen molar-refractivity contribution < 1.29 is 21.1 Å². The molecule has 0 spiro atoms. The molecule has 6 nitrogen and oxygen atoms in total. The van der Waals surface area contributed by atoms with Gasteiger partial charge in [0, 0.05) is 69.8 Å². The van der Waals surface area contributed by atoms with Crippen LogP contribution in [0.15, 0.2) is 146 Å². The van der Waals surface area contributed by atoms with Gasteiger partial charge in [0.1, 0.15) is 5.66 Å². The van der Waals surface area contributed by atoms with Crippen molar-refractivity contribution in [3.8, 4) is 33.4 Å². The molecule has 304 valence electrons. The minimum atomic E-state index is -0.907. The van der Waals surface area contributed by atoms with Crippen molar-refractivity contribution >= 4 is 34.1 Å². The summed E-state index contributed by atoms with van der Waals surface area (Å²) in [6.07, 6.45) is 7.81. The summed E-state index contributed by atoms with van der Waals surface area (Å²) in [4.78, 5) is 18.9. The molecule has 0 saturated carbocycles.